The van der Waals surface area contributed by atoms with Gasteiger partial charge < -0.3 is 15.4 Å². The molecule has 8 heteroatoms. The maximum Gasteiger partial charge on any atom is 0.219 e. The molecule has 1 aromatic carbocycles. The number of aryl methyl sites for hydroxylation is 1. The Hall–Kier alpha value is -3.68. The number of ether oxygens (including phenoxy) is 1. The highest BCUT2D eigenvalue weighted by atomic mass is 16.5. The van der Waals surface area contributed by atoms with Gasteiger partial charge in [0.05, 0.1) is 24.2 Å². The summed E-state index contributed by atoms with van der Waals surface area (Å²) in [4.78, 5) is 15.8. The molecule has 0 aliphatic rings. The van der Waals surface area contributed by atoms with Crippen molar-refractivity contribution < 1.29 is 4.74 Å². The lowest BCUT2D eigenvalue weighted by atomic mass is 10.2. The maximum absolute atomic E-state index is 6.03. The molecule has 0 aliphatic carbocycles. The Morgan fingerprint density at radius 1 is 1.06 bits per heavy atom. The fourth-order valence-electron chi connectivity index (χ4n) is 3.34. The minimum absolute atomic E-state index is 0.469. The molecule has 3 N–H and O–H groups in total. The summed E-state index contributed by atoms with van der Waals surface area (Å²) in [6, 6.07) is 13.5. The summed E-state index contributed by atoms with van der Waals surface area (Å²) in [6.45, 7) is 12.6. The van der Waals surface area contributed by atoms with Crippen molar-refractivity contribution in [1.82, 2.24) is 15.0 Å². The largest absolute Gasteiger partial charge is 0.477 e. The molecule has 0 unspecified atom stereocenters. The number of nitrogens with zero attached hydrogens (tertiary/aromatic N) is 5. The van der Waals surface area contributed by atoms with Crippen molar-refractivity contribution in [2.45, 2.75) is 53.9 Å². The van der Waals surface area contributed by atoms with Crippen molar-refractivity contribution in [2.75, 3.05) is 35.8 Å². The molecule has 0 fully saturated rings. The fourth-order valence-corrected chi connectivity index (χ4v) is 3.34. The first-order valence-corrected chi connectivity index (χ1v) is 12.4. The van der Waals surface area contributed by atoms with Crippen molar-refractivity contribution in [1.29, 1.82) is 0 Å². The quantitative estimate of drug-likeness (QED) is 0.202. The number of hydrogen-bond acceptors (Lipinski definition) is 8. The number of nitrogens with two attached hydrogens (primary N) is 1. The Bertz CT molecular complexity index is 1030. The van der Waals surface area contributed by atoms with Crippen LogP contribution in [-0.4, -0.2) is 40.9 Å². The Kier molecular flexibility index (Phi) is 12.0. The molecule has 0 saturated carbocycles. The second kappa shape index (κ2) is 15.3. The summed E-state index contributed by atoms with van der Waals surface area (Å²) in [5.41, 5.74) is 12.5. The smallest absolute Gasteiger partial charge is 0.219 e. The number of hydrogen-bond donors (Lipinski definition) is 2. The Balaban J connectivity index is 0.00000210. The van der Waals surface area contributed by atoms with Crippen molar-refractivity contribution >= 4 is 23.4 Å². The lowest BCUT2D eigenvalue weighted by molar-refractivity contribution is 0.307. The van der Waals surface area contributed by atoms with Gasteiger partial charge in [-0.25, -0.2) is 4.98 Å². The number of benzene rings is 1. The number of anilines is 3. The zero-order valence-corrected chi connectivity index (χ0v) is 21.7. The number of nitrogen functional groups attached to an aromatic ring is 1. The Morgan fingerprint density at radius 3 is 2.51 bits per heavy atom. The second-order valence-corrected chi connectivity index (χ2v) is 7.79. The molecule has 3 rings (SSSR count). The fraction of sp³-hybridized carbons (Fsp3) is 0.407. The van der Waals surface area contributed by atoms with Crippen molar-refractivity contribution in [3.05, 3.63) is 65.7 Å². The molecule has 0 saturated heterocycles. The predicted octanol–water partition coefficient (Wildman–Crippen LogP) is 5.48. The topological polar surface area (TPSA) is 102 Å². The van der Waals surface area contributed by atoms with Crippen molar-refractivity contribution in [2.24, 2.45) is 5.10 Å². The van der Waals surface area contributed by atoms with E-state index in [1.54, 1.807) is 12.4 Å². The number of rotatable bonds is 12. The van der Waals surface area contributed by atoms with Crippen molar-refractivity contribution in [3.63, 3.8) is 0 Å². The van der Waals surface area contributed by atoms with Gasteiger partial charge in [-0.2, -0.15) is 10.1 Å². The van der Waals surface area contributed by atoms with Crippen LogP contribution in [0.2, 0.25) is 0 Å². The molecule has 2 heterocycles. The van der Waals surface area contributed by atoms with Gasteiger partial charge in [-0.3, -0.25) is 10.4 Å². The molecule has 0 atom stereocenters. The first-order chi connectivity index (χ1) is 17.1. The van der Waals surface area contributed by atoms with E-state index in [9.17, 15) is 0 Å². The van der Waals surface area contributed by atoms with Crippen LogP contribution in [0.3, 0.4) is 0 Å². The SMILES string of the molecule is CC.CCCN(CCC)c1cc(OCCc2ccccn2)nc(/C=N/Nc2cc(C)ccc2N)n1. The van der Waals surface area contributed by atoms with E-state index in [-0.39, 0.29) is 0 Å². The van der Waals surface area contributed by atoms with Crippen LogP contribution in [0.15, 0.2) is 53.8 Å². The molecule has 188 valence electrons. The average molecular weight is 478 g/mol. The van der Waals surface area contributed by atoms with Crippen LogP contribution in [-0.2, 0) is 6.42 Å². The van der Waals surface area contributed by atoms with Gasteiger partial charge in [0.15, 0.2) is 5.82 Å². The summed E-state index contributed by atoms with van der Waals surface area (Å²) in [5, 5.41) is 4.31. The second-order valence-electron chi connectivity index (χ2n) is 7.79. The summed E-state index contributed by atoms with van der Waals surface area (Å²) in [7, 11) is 0. The third-order valence-electron chi connectivity index (χ3n) is 4.93. The summed E-state index contributed by atoms with van der Waals surface area (Å²) >= 11 is 0. The first kappa shape index (κ1) is 27.6. The highest BCUT2D eigenvalue weighted by Crippen LogP contribution is 2.20. The minimum Gasteiger partial charge on any atom is -0.477 e. The van der Waals surface area contributed by atoms with Crippen LogP contribution in [0, 0.1) is 6.92 Å². The molecule has 0 amide bonds. The van der Waals surface area contributed by atoms with Gasteiger partial charge in [0.1, 0.15) is 5.82 Å². The number of aromatic nitrogens is 3. The van der Waals surface area contributed by atoms with Gasteiger partial charge >= 0.3 is 0 Å². The standard InChI is InChI=1S/C25H33N7O.C2H6/c1-4-13-32(14-5-2)24-17-25(33-15-11-20-8-6-7-12-27-20)30-23(29-24)18-28-31-22-16-19(3)9-10-21(22)26;1-2/h6-10,12,16-18,31H,4-5,11,13-15,26H2,1-3H3;1-2H3/b28-18+;. The molecule has 8 nitrogen and oxygen atoms in total. The lowest BCUT2D eigenvalue weighted by Crippen LogP contribution is -2.26. The van der Waals surface area contributed by atoms with Crippen LogP contribution in [0.5, 0.6) is 5.88 Å². The molecule has 0 spiro atoms. The molecular weight excluding hydrogens is 438 g/mol. The van der Waals surface area contributed by atoms with E-state index in [0.717, 1.165) is 48.7 Å². The predicted molar refractivity (Wildman–Crippen MR) is 146 cm³/mol. The van der Waals surface area contributed by atoms with Crippen LogP contribution < -0.4 is 20.8 Å². The van der Waals surface area contributed by atoms with E-state index in [4.69, 9.17) is 15.5 Å². The molecule has 2 aromatic heterocycles. The molecule has 3 aromatic rings. The van der Waals surface area contributed by atoms with Crippen molar-refractivity contribution in [3.8, 4) is 5.88 Å². The highest BCUT2D eigenvalue weighted by molar-refractivity contribution is 5.77. The van der Waals surface area contributed by atoms with Gasteiger partial charge in [-0.05, 0) is 49.6 Å². The van der Waals surface area contributed by atoms with E-state index in [0.29, 0.717) is 30.4 Å². The van der Waals surface area contributed by atoms with Crippen LogP contribution >= 0.6 is 0 Å². The zero-order chi connectivity index (χ0) is 25.5. The number of nitrogens with one attached hydrogen (secondary N) is 1. The van der Waals surface area contributed by atoms with Gasteiger partial charge in [0.25, 0.3) is 0 Å². The molecular formula is C27H39N7O. The molecule has 0 bridgehead atoms. The summed E-state index contributed by atoms with van der Waals surface area (Å²) < 4.78 is 5.98. The highest BCUT2D eigenvalue weighted by Gasteiger charge is 2.11. The van der Waals surface area contributed by atoms with E-state index in [2.05, 4.69) is 39.2 Å². The zero-order valence-electron chi connectivity index (χ0n) is 21.7. The van der Waals surface area contributed by atoms with Gasteiger partial charge in [-0.1, -0.05) is 39.8 Å². The van der Waals surface area contributed by atoms with Crippen LogP contribution in [0.4, 0.5) is 17.2 Å². The van der Waals surface area contributed by atoms with E-state index < -0.39 is 0 Å². The third kappa shape index (κ3) is 9.23. The van der Waals surface area contributed by atoms with E-state index in [1.165, 1.54) is 0 Å². The maximum atomic E-state index is 6.03. The summed E-state index contributed by atoms with van der Waals surface area (Å²) in [5.74, 6) is 1.82. The summed E-state index contributed by atoms with van der Waals surface area (Å²) in [6.07, 6.45) is 6.13. The average Bonchev–Trinajstić information content (AvgIpc) is 2.88. The van der Waals surface area contributed by atoms with Gasteiger partial charge in [-0.15, -0.1) is 0 Å². The normalized spacial score (nSPS) is 10.5. The van der Waals surface area contributed by atoms with Gasteiger partial charge in [0.2, 0.25) is 5.88 Å². The number of pyridine rings is 1. The lowest BCUT2D eigenvalue weighted by Gasteiger charge is -2.23. The number of hydrazone groups is 1. The van der Waals surface area contributed by atoms with Crippen LogP contribution in [0.25, 0.3) is 0 Å². The monoisotopic (exact) mass is 477 g/mol. The third-order valence-corrected chi connectivity index (χ3v) is 4.93. The Labute approximate surface area is 209 Å². The van der Waals surface area contributed by atoms with Gasteiger partial charge in [0, 0.05) is 37.5 Å². The van der Waals surface area contributed by atoms with E-state index in [1.807, 2.05) is 63.2 Å². The first-order valence-electron chi connectivity index (χ1n) is 12.4. The Morgan fingerprint density at radius 2 is 1.83 bits per heavy atom. The molecule has 0 aliphatic heterocycles. The van der Waals surface area contributed by atoms with Crippen LogP contribution in [0.1, 0.15) is 57.6 Å². The molecule has 35 heavy (non-hydrogen) atoms. The minimum atomic E-state index is 0.469. The molecule has 0 radical (unpaired) electrons. The van der Waals surface area contributed by atoms with E-state index >= 15 is 0 Å².